The third-order valence-electron chi connectivity index (χ3n) is 3.25. The first-order valence-corrected chi connectivity index (χ1v) is 6.92. The number of rotatable bonds is 3. The molecule has 0 aliphatic rings. The summed E-state index contributed by atoms with van der Waals surface area (Å²) >= 11 is 5.78. The molecule has 3 nitrogen and oxygen atoms in total. The van der Waals surface area contributed by atoms with Crippen LogP contribution in [0.3, 0.4) is 0 Å². The highest BCUT2D eigenvalue weighted by Gasteiger charge is 2.07. The lowest BCUT2D eigenvalue weighted by Gasteiger charge is -2.08. The molecule has 2 aromatic carbocycles. The van der Waals surface area contributed by atoms with E-state index in [1.807, 2.05) is 30.3 Å². The number of nitrogens with zero attached hydrogens (tertiary/aromatic N) is 2. The summed E-state index contributed by atoms with van der Waals surface area (Å²) in [5, 5.41) is 7.00. The molecule has 0 N–H and O–H groups in total. The Morgan fingerprint density at radius 3 is 2.67 bits per heavy atom. The standard InChI is InChI=1S/C17H13ClN2O/c1-12(18)11-20-17(21)10-9-16(19-20)15-8-4-6-13-5-2-3-7-14(13)15/h2-10H,1,11H2. The van der Waals surface area contributed by atoms with Crippen molar-refractivity contribution in [1.82, 2.24) is 9.78 Å². The van der Waals surface area contributed by atoms with E-state index >= 15 is 0 Å². The number of allylic oxidation sites excluding steroid dienone is 1. The van der Waals surface area contributed by atoms with Crippen LogP contribution in [0.4, 0.5) is 0 Å². The molecule has 0 saturated heterocycles. The molecule has 0 atom stereocenters. The Morgan fingerprint density at radius 2 is 1.86 bits per heavy atom. The van der Waals surface area contributed by atoms with E-state index in [-0.39, 0.29) is 12.1 Å². The van der Waals surface area contributed by atoms with E-state index in [1.165, 1.54) is 10.7 Å². The Morgan fingerprint density at radius 1 is 1.10 bits per heavy atom. The summed E-state index contributed by atoms with van der Waals surface area (Å²) in [5.41, 5.74) is 1.53. The summed E-state index contributed by atoms with van der Waals surface area (Å²) in [6, 6.07) is 17.3. The molecule has 0 unspecified atom stereocenters. The lowest BCUT2D eigenvalue weighted by Crippen LogP contribution is -2.22. The van der Waals surface area contributed by atoms with Gasteiger partial charge in [0.1, 0.15) is 0 Å². The van der Waals surface area contributed by atoms with Crippen LogP contribution < -0.4 is 5.56 Å². The van der Waals surface area contributed by atoms with Crippen molar-refractivity contribution < 1.29 is 0 Å². The van der Waals surface area contributed by atoms with E-state index in [0.717, 1.165) is 22.0 Å². The molecule has 0 amide bonds. The summed E-state index contributed by atoms with van der Waals surface area (Å²) in [7, 11) is 0. The van der Waals surface area contributed by atoms with Gasteiger partial charge in [-0.3, -0.25) is 4.79 Å². The van der Waals surface area contributed by atoms with Gasteiger partial charge in [0, 0.05) is 16.7 Å². The molecule has 0 fully saturated rings. The largest absolute Gasteiger partial charge is 0.268 e. The third kappa shape index (κ3) is 2.73. The fourth-order valence-corrected chi connectivity index (χ4v) is 2.43. The van der Waals surface area contributed by atoms with Crippen molar-refractivity contribution in [1.29, 1.82) is 0 Å². The molecule has 4 heteroatoms. The van der Waals surface area contributed by atoms with Crippen LogP contribution in [0.25, 0.3) is 22.0 Å². The molecule has 0 aliphatic heterocycles. The average Bonchev–Trinajstić information content (AvgIpc) is 2.48. The van der Waals surface area contributed by atoms with E-state index in [2.05, 4.69) is 23.8 Å². The maximum atomic E-state index is 11.8. The molecule has 0 aliphatic carbocycles. The van der Waals surface area contributed by atoms with E-state index < -0.39 is 0 Å². The number of halogens is 1. The number of aromatic nitrogens is 2. The van der Waals surface area contributed by atoms with Gasteiger partial charge in [-0.2, -0.15) is 5.10 Å². The van der Waals surface area contributed by atoms with Crippen LogP contribution >= 0.6 is 11.6 Å². The van der Waals surface area contributed by atoms with Gasteiger partial charge in [-0.1, -0.05) is 60.6 Å². The van der Waals surface area contributed by atoms with Crippen molar-refractivity contribution >= 4 is 22.4 Å². The van der Waals surface area contributed by atoms with Crippen LogP contribution in [0.15, 0.2) is 71.0 Å². The second kappa shape index (κ2) is 5.54. The molecule has 0 bridgehead atoms. The Hall–Kier alpha value is -2.39. The topological polar surface area (TPSA) is 34.9 Å². The fourth-order valence-electron chi connectivity index (χ4n) is 2.32. The second-order valence-corrected chi connectivity index (χ2v) is 5.29. The summed E-state index contributed by atoms with van der Waals surface area (Å²) in [5.74, 6) is 0. The zero-order valence-electron chi connectivity index (χ0n) is 11.3. The van der Waals surface area contributed by atoms with Crippen LogP contribution in [0.1, 0.15) is 0 Å². The third-order valence-corrected chi connectivity index (χ3v) is 3.37. The maximum absolute atomic E-state index is 11.8. The Bertz CT molecular complexity index is 878. The fraction of sp³-hybridized carbons (Fsp3) is 0.0588. The van der Waals surface area contributed by atoms with Gasteiger partial charge in [-0.15, -0.1) is 0 Å². The molecule has 3 rings (SSSR count). The van der Waals surface area contributed by atoms with Crippen molar-refractivity contribution in [3.8, 4) is 11.3 Å². The van der Waals surface area contributed by atoms with Crippen LogP contribution in [-0.2, 0) is 6.54 Å². The van der Waals surface area contributed by atoms with Crippen molar-refractivity contribution in [2.45, 2.75) is 6.54 Å². The van der Waals surface area contributed by atoms with Crippen molar-refractivity contribution in [2.24, 2.45) is 0 Å². The minimum atomic E-state index is -0.194. The van der Waals surface area contributed by atoms with E-state index in [1.54, 1.807) is 6.07 Å². The molecule has 104 valence electrons. The van der Waals surface area contributed by atoms with Crippen LogP contribution in [0.5, 0.6) is 0 Å². The van der Waals surface area contributed by atoms with Crippen LogP contribution in [0, 0.1) is 0 Å². The minimum Gasteiger partial charge on any atom is -0.268 e. The summed E-state index contributed by atoms with van der Waals surface area (Å²) in [4.78, 5) is 11.8. The summed E-state index contributed by atoms with van der Waals surface area (Å²) < 4.78 is 1.33. The second-order valence-electron chi connectivity index (χ2n) is 4.76. The molecule has 3 aromatic rings. The first kappa shape index (κ1) is 13.6. The van der Waals surface area contributed by atoms with Crippen LogP contribution in [0.2, 0.25) is 0 Å². The molecular weight excluding hydrogens is 284 g/mol. The summed E-state index contributed by atoms with van der Waals surface area (Å²) in [6.45, 7) is 3.82. The zero-order chi connectivity index (χ0) is 14.8. The Labute approximate surface area is 127 Å². The normalized spacial score (nSPS) is 10.7. The zero-order valence-corrected chi connectivity index (χ0v) is 12.0. The van der Waals surface area contributed by atoms with Gasteiger partial charge in [0.05, 0.1) is 12.2 Å². The van der Waals surface area contributed by atoms with Gasteiger partial charge >= 0.3 is 0 Å². The molecule has 0 spiro atoms. The minimum absolute atomic E-state index is 0.194. The first-order chi connectivity index (χ1) is 10.1. The monoisotopic (exact) mass is 296 g/mol. The van der Waals surface area contributed by atoms with Crippen molar-refractivity contribution in [3.63, 3.8) is 0 Å². The van der Waals surface area contributed by atoms with Gasteiger partial charge in [-0.05, 0) is 16.8 Å². The highest BCUT2D eigenvalue weighted by molar-refractivity contribution is 6.29. The molecule has 1 aromatic heterocycles. The molecule has 0 saturated carbocycles. The number of fused-ring (bicyclic) bond motifs is 1. The highest BCUT2D eigenvalue weighted by atomic mass is 35.5. The van der Waals surface area contributed by atoms with E-state index in [4.69, 9.17) is 11.6 Å². The predicted molar refractivity (Wildman–Crippen MR) is 86.4 cm³/mol. The Kier molecular flexibility index (Phi) is 3.59. The van der Waals surface area contributed by atoms with Gasteiger partial charge in [-0.25, -0.2) is 4.68 Å². The highest BCUT2D eigenvalue weighted by Crippen LogP contribution is 2.26. The molecular formula is C17H13ClN2O. The number of benzene rings is 2. The molecule has 0 radical (unpaired) electrons. The van der Waals surface area contributed by atoms with Gasteiger partial charge in [0.15, 0.2) is 0 Å². The Balaban J connectivity index is 2.19. The van der Waals surface area contributed by atoms with Crippen molar-refractivity contribution in [2.75, 3.05) is 0 Å². The van der Waals surface area contributed by atoms with E-state index in [0.29, 0.717) is 5.03 Å². The molecule has 21 heavy (non-hydrogen) atoms. The van der Waals surface area contributed by atoms with Crippen molar-refractivity contribution in [3.05, 3.63) is 76.6 Å². The number of hydrogen-bond acceptors (Lipinski definition) is 2. The smallest absolute Gasteiger partial charge is 0.267 e. The van der Waals surface area contributed by atoms with Gasteiger partial charge in [0.25, 0.3) is 5.56 Å². The lowest BCUT2D eigenvalue weighted by atomic mass is 10.0. The quantitative estimate of drug-likeness (QED) is 0.736. The SMILES string of the molecule is C=C(Cl)Cn1nc(-c2cccc3ccccc23)ccc1=O. The predicted octanol–water partition coefficient (Wildman–Crippen LogP) is 3.82. The molecule has 1 heterocycles. The maximum Gasteiger partial charge on any atom is 0.267 e. The van der Waals surface area contributed by atoms with Crippen LogP contribution in [-0.4, -0.2) is 9.78 Å². The van der Waals surface area contributed by atoms with Gasteiger partial charge < -0.3 is 0 Å². The average molecular weight is 297 g/mol. The van der Waals surface area contributed by atoms with E-state index in [9.17, 15) is 4.79 Å². The lowest BCUT2D eigenvalue weighted by molar-refractivity contribution is 0.650. The van der Waals surface area contributed by atoms with Gasteiger partial charge in [0.2, 0.25) is 0 Å². The number of hydrogen-bond donors (Lipinski definition) is 0. The summed E-state index contributed by atoms with van der Waals surface area (Å²) in [6.07, 6.45) is 0. The first-order valence-electron chi connectivity index (χ1n) is 6.55.